The number of rotatable bonds is 7. The van der Waals surface area contributed by atoms with E-state index in [1.165, 1.54) is 0 Å². The molecule has 1 spiro atoms. The molecule has 2 unspecified atom stereocenters. The summed E-state index contributed by atoms with van der Waals surface area (Å²) in [4.78, 5) is 31.2. The molecule has 1 N–H and O–H groups in total. The number of hydrogen-bond donors (Lipinski definition) is 1. The van der Waals surface area contributed by atoms with Gasteiger partial charge < -0.3 is 29.5 Å². The monoisotopic (exact) mass is 410 g/mol. The van der Waals surface area contributed by atoms with E-state index in [-0.39, 0.29) is 30.5 Å². The minimum absolute atomic E-state index is 0.0283. The maximum Gasteiger partial charge on any atom is 0.242 e. The van der Waals surface area contributed by atoms with Crippen molar-refractivity contribution in [3.05, 3.63) is 0 Å². The Balaban J connectivity index is 1.45. The lowest BCUT2D eigenvalue weighted by Gasteiger charge is -2.39. The highest BCUT2D eigenvalue weighted by Gasteiger charge is 2.44. The highest BCUT2D eigenvalue weighted by Crippen LogP contribution is 2.35. The maximum atomic E-state index is 12.8. The number of nitrogens with zero attached hydrogens (tertiary/aromatic N) is 3. The summed E-state index contributed by atoms with van der Waals surface area (Å²) >= 11 is 0. The molecule has 3 rings (SSSR count). The molecule has 29 heavy (non-hydrogen) atoms. The van der Waals surface area contributed by atoms with Crippen molar-refractivity contribution in [1.82, 2.24) is 20.0 Å². The molecule has 166 valence electrons. The molecule has 3 heterocycles. The Hall–Kier alpha value is -1.22. The van der Waals surface area contributed by atoms with Crippen molar-refractivity contribution in [2.24, 2.45) is 5.92 Å². The van der Waals surface area contributed by atoms with Crippen LogP contribution < -0.4 is 5.32 Å². The summed E-state index contributed by atoms with van der Waals surface area (Å²) in [5, 5.41) is 3.29. The van der Waals surface area contributed by atoms with Gasteiger partial charge in [0.2, 0.25) is 11.8 Å². The van der Waals surface area contributed by atoms with Gasteiger partial charge in [-0.15, -0.1) is 0 Å². The van der Waals surface area contributed by atoms with Gasteiger partial charge in [0, 0.05) is 45.6 Å². The van der Waals surface area contributed by atoms with E-state index in [0.29, 0.717) is 45.0 Å². The van der Waals surface area contributed by atoms with Crippen molar-refractivity contribution in [1.29, 1.82) is 0 Å². The molecule has 2 atom stereocenters. The average molecular weight is 411 g/mol. The summed E-state index contributed by atoms with van der Waals surface area (Å²) in [7, 11) is 4.12. The largest absolute Gasteiger partial charge is 0.347 e. The van der Waals surface area contributed by atoms with E-state index >= 15 is 0 Å². The Labute approximate surface area is 174 Å². The fraction of sp³-hybridized carbons (Fsp3) is 0.905. The molecule has 0 aliphatic carbocycles. The molecule has 0 radical (unpaired) electrons. The number of ether oxygens (including phenoxy) is 2. The van der Waals surface area contributed by atoms with Gasteiger partial charge in [-0.2, -0.15) is 0 Å². The van der Waals surface area contributed by atoms with E-state index in [9.17, 15) is 9.59 Å². The molecule has 0 aromatic rings. The predicted octanol–water partition coefficient (Wildman–Crippen LogP) is 0.519. The van der Waals surface area contributed by atoms with Crippen molar-refractivity contribution in [2.75, 3.05) is 60.0 Å². The van der Waals surface area contributed by atoms with Crippen LogP contribution in [0.25, 0.3) is 0 Å². The number of amides is 2. The number of carbonyl (C=O) groups is 2. The average Bonchev–Trinajstić information content (AvgIpc) is 3.06. The second kappa shape index (κ2) is 9.73. The summed E-state index contributed by atoms with van der Waals surface area (Å²) in [6, 6.07) is -0.166. The molecule has 3 saturated heterocycles. The Morgan fingerprint density at radius 2 is 2.00 bits per heavy atom. The lowest BCUT2D eigenvalue weighted by atomic mass is 10.0. The van der Waals surface area contributed by atoms with Crippen LogP contribution in [0.15, 0.2) is 0 Å². The summed E-state index contributed by atoms with van der Waals surface area (Å²) < 4.78 is 12.2. The van der Waals surface area contributed by atoms with E-state index < -0.39 is 5.79 Å². The molecule has 0 saturated carbocycles. The topological polar surface area (TPSA) is 74.3 Å². The normalized spacial score (nSPS) is 27.4. The number of hydrogen-bond acceptors (Lipinski definition) is 6. The van der Waals surface area contributed by atoms with Crippen LogP contribution in [0.1, 0.15) is 39.5 Å². The van der Waals surface area contributed by atoms with Crippen molar-refractivity contribution >= 4 is 11.8 Å². The van der Waals surface area contributed by atoms with Crippen molar-refractivity contribution in [3.63, 3.8) is 0 Å². The van der Waals surface area contributed by atoms with Gasteiger partial charge in [-0.05, 0) is 32.9 Å². The van der Waals surface area contributed by atoms with Crippen LogP contribution in [-0.4, -0.2) is 104 Å². The first-order valence-electron chi connectivity index (χ1n) is 11.0. The fourth-order valence-corrected chi connectivity index (χ4v) is 4.39. The van der Waals surface area contributed by atoms with Crippen LogP contribution in [0.3, 0.4) is 0 Å². The van der Waals surface area contributed by atoms with Crippen LogP contribution in [0, 0.1) is 5.92 Å². The summed E-state index contributed by atoms with van der Waals surface area (Å²) in [5.41, 5.74) is 0. The van der Waals surface area contributed by atoms with Gasteiger partial charge in [-0.3, -0.25) is 9.59 Å². The zero-order valence-corrected chi connectivity index (χ0v) is 18.5. The van der Waals surface area contributed by atoms with E-state index in [4.69, 9.17) is 9.47 Å². The number of likely N-dealkylation sites (tertiary alicyclic amines) is 1. The quantitative estimate of drug-likeness (QED) is 0.660. The number of nitrogens with one attached hydrogen (secondary N) is 1. The van der Waals surface area contributed by atoms with Crippen LogP contribution >= 0.6 is 0 Å². The van der Waals surface area contributed by atoms with Crippen LogP contribution in [0.2, 0.25) is 0 Å². The zero-order valence-electron chi connectivity index (χ0n) is 18.5. The fourth-order valence-electron chi connectivity index (χ4n) is 4.39. The zero-order chi connectivity index (χ0) is 21.0. The molecule has 0 aromatic carbocycles. The van der Waals surface area contributed by atoms with Crippen LogP contribution in [-0.2, 0) is 19.1 Å². The number of piperidine rings is 1. The second-order valence-corrected chi connectivity index (χ2v) is 9.33. The minimum atomic E-state index is -0.527. The van der Waals surface area contributed by atoms with Crippen LogP contribution in [0.5, 0.6) is 0 Å². The Bertz CT molecular complexity index is 575. The molecule has 3 aliphatic rings. The first-order valence-corrected chi connectivity index (χ1v) is 11.0. The highest BCUT2D eigenvalue weighted by molar-refractivity contribution is 5.88. The van der Waals surface area contributed by atoms with Gasteiger partial charge in [-0.25, -0.2) is 0 Å². The van der Waals surface area contributed by atoms with Crippen molar-refractivity contribution < 1.29 is 19.1 Å². The van der Waals surface area contributed by atoms with Gasteiger partial charge in [-0.1, -0.05) is 13.8 Å². The third-order valence-electron chi connectivity index (χ3n) is 6.11. The van der Waals surface area contributed by atoms with Gasteiger partial charge in [0.15, 0.2) is 5.79 Å². The van der Waals surface area contributed by atoms with Crippen LogP contribution in [0.4, 0.5) is 0 Å². The van der Waals surface area contributed by atoms with Gasteiger partial charge in [0.25, 0.3) is 0 Å². The molecule has 2 amide bonds. The molecule has 3 fully saturated rings. The van der Waals surface area contributed by atoms with E-state index in [1.54, 1.807) is 4.90 Å². The third kappa shape index (κ3) is 5.90. The molecular formula is C21H38N4O4. The smallest absolute Gasteiger partial charge is 0.242 e. The Kier molecular flexibility index (Phi) is 7.53. The second-order valence-electron chi connectivity index (χ2n) is 9.33. The van der Waals surface area contributed by atoms with E-state index in [0.717, 1.165) is 25.9 Å². The SMILES string of the molecule is CC(C)CC1NCCN(CC(=O)N2CCC3(CC2)OCC(CCN(C)C)O3)C1=O. The van der Waals surface area contributed by atoms with Crippen molar-refractivity contribution in [2.45, 2.75) is 57.5 Å². The predicted molar refractivity (Wildman–Crippen MR) is 110 cm³/mol. The molecular weight excluding hydrogens is 372 g/mol. The highest BCUT2D eigenvalue weighted by atomic mass is 16.7. The lowest BCUT2D eigenvalue weighted by Crippen LogP contribution is -2.58. The molecule has 8 heteroatoms. The third-order valence-corrected chi connectivity index (χ3v) is 6.11. The molecule has 8 nitrogen and oxygen atoms in total. The number of piperazine rings is 1. The Morgan fingerprint density at radius 1 is 1.28 bits per heavy atom. The standard InChI is InChI=1S/C21H38N4O4/c1-16(2)13-18-20(27)25(12-8-22-18)14-19(26)24-10-6-21(7-11-24)28-15-17(29-21)5-9-23(3)4/h16-18,22H,5-15H2,1-4H3. The maximum absolute atomic E-state index is 12.8. The van der Waals surface area contributed by atoms with Crippen molar-refractivity contribution in [3.8, 4) is 0 Å². The lowest BCUT2D eigenvalue weighted by molar-refractivity contribution is -0.197. The molecule has 0 bridgehead atoms. The summed E-state index contributed by atoms with van der Waals surface area (Å²) in [6.07, 6.45) is 3.29. The Morgan fingerprint density at radius 3 is 2.66 bits per heavy atom. The molecule has 0 aromatic heterocycles. The summed E-state index contributed by atoms with van der Waals surface area (Å²) in [6.45, 7) is 8.59. The van der Waals surface area contributed by atoms with Gasteiger partial charge >= 0.3 is 0 Å². The van der Waals surface area contributed by atoms with E-state index in [2.05, 4.69) is 38.2 Å². The van der Waals surface area contributed by atoms with Gasteiger partial charge in [0.05, 0.1) is 25.3 Å². The first-order chi connectivity index (χ1) is 13.8. The first kappa shape index (κ1) is 22.5. The van der Waals surface area contributed by atoms with E-state index in [1.807, 2.05) is 4.90 Å². The minimum Gasteiger partial charge on any atom is -0.347 e. The van der Waals surface area contributed by atoms with Gasteiger partial charge in [0.1, 0.15) is 0 Å². The molecule has 3 aliphatic heterocycles. The summed E-state index contributed by atoms with van der Waals surface area (Å²) in [5.74, 6) is -0.00192. The number of carbonyl (C=O) groups excluding carboxylic acids is 2.